The normalized spacial score (nSPS) is 59.0. The first-order valence-electron chi connectivity index (χ1n) is 15.8. The van der Waals surface area contributed by atoms with E-state index in [0.717, 1.165) is 72.5 Å². The maximum atomic E-state index is 14.7. The Morgan fingerprint density at radius 3 is 1.06 bits per heavy atom. The minimum absolute atomic E-state index is 0.112. The van der Waals surface area contributed by atoms with Crippen LogP contribution in [0, 0.1) is 71.0 Å². The van der Waals surface area contributed by atoms with Gasteiger partial charge in [0.25, 0.3) is 0 Å². The first-order valence-corrected chi connectivity index (χ1v) is 17.2. The monoisotopic (exact) mass is 500 g/mol. The Morgan fingerprint density at radius 1 is 0.400 bits per heavy atom. The third-order valence-corrected chi connectivity index (χ3v) is 15.5. The van der Waals surface area contributed by atoms with Gasteiger partial charge in [0.15, 0.2) is 0 Å². The van der Waals surface area contributed by atoms with Gasteiger partial charge in [-0.3, -0.25) is 13.6 Å². The highest BCUT2D eigenvalue weighted by Gasteiger charge is 2.61. The van der Waals surface area contributed by atoms with Crippen molar-refractivity contribution in [3.8, 4) is 0 Å². The lowest BCUT2D eigenvalue weighted by molar-refractivity contribution is -0.0304. The van der Waals surface area contributed by atoms with E-state index in [4.69, 9.17) is 13.6 Å². The average Bonchev–Trinajstić information content (AvgIpc) is 3.64. The lowest BCUT2D eigenvalue weighted by Crippen LogP contribution is -2.35. The average molecular weight is 501 g/mol. The molecule has 35 heavy (non-hydrogen) atoms. The number of rotatable bonds is 6. The summed E-state index contributed by atoms with van der Waals surface area (Å²) in [5.41, 5.74) is 0. The third kappa shape index (κ3) is 3.18. The Hall–Kier alpha value is 0.110. The van der Waals surface area contributed by atoms with E-state index in [2.05, 4.69) is 0 Å². The van der Waals surface area contributed by atoms with Gasteiger partial charge in [-0.15, -0.1) is 0 Å². The van der Waals surface area contributed by atoms with Crippen LogP contribution in [-0.2, 0) is 18.1 Å². The van der Waals surface area contributed by atoms with Crippen molar-refractivity contribution < 1.29 is 18.1 Å². The smallest absolute Gasteiger partial charge is 0.283 e. The molecule has 0 aromatic heterocycles. The molecule has 15 atom stereocenters. The van der Waals surface area contributed by atoms with Gasteiger partial charge in [0.1, 0.15) is 0 Å². The summed E-state index contributed by atoms with van der Waals surface area (Å²) in [6.45, 7) is 0. The summed E-state index contributed by atoms with van der Waals surface area (Å²) in [6, 6.07) is 0. The molecule has 9 aliphatic rings. The first-order chi connectivity index (χ1) is 17.1. The molecule has 9 rings (SSSR count). The molecule has 0 spiro atoms. The molecule has 194 valence electrons. The fourth-order valence-electron chi connectivity index (χ4n) is 13.0. The molecule has 0 aliphatic heterocycles. The van der Waals surface area contributed by atoms with E-state index in [0.29, 0.717) is 17.8 Å². The van der Waals surface area contributed by atoms with Crippen LogP contribution in [0.3, 0.4) is 0 Å². The number of phosphoric ester groups is 1. The molecule has 6 bridgehead atoms. The molecular weight excluding hydrogens is 455 g/mol. The van der Waals surface area contributed by atoms with Crippen LogP contribution in [0.1, 0.15) is 96.3 Å². The lowest BCUT2D eigenvalue weighted by atomic mass is 9.80. The first kappa shape index (κ1) is 22.0. The minimum atomic E-state index is -3.57. The molecule has 0 aromatic rings. The molecule has 5 heteroatoms. The van der Waals surface area contributed by atoms with E-state index in [-0.39, 0.29) is 18.3 Å². The summed E-state index contributed by atoms with van der Waals surface area (Å²) < 4.78 is 34.9. The van der Waals surface area contributed by atoms with Crippen molar-refractivity contribution in [2.45, 2.75) is 115 Å². The van der Waals surface area contributed by atoms with Gasteiger partial charge >= 0.3 is 7.82 Å². The van der Waals surface area contributed by atoms with Gasteiger partial charge in [0, 0.05) is 0 Å². The summed E-state index contributed by atoms with van der Waals surface area (Å²) in [5, 5.41) is 0. The van der Waals surface area contributed by atoms with Gasteiger partial charge in [0.05, 0.1) is 18.3 Å². The maximum Gasteiger partial charge on any atom is 0.475 e. The van der Waals surface area contributed by atoms with Crippen LogP contribution in [0.25, 0.3) is 0 Å². The molecule has 9 fully saturated rings. The largest absolute Gasteiger partial charge is 0.475 e. The second-order valence-corrected chi connectivity index (χ2v) is 16.4. The van der Waals surface area contributed by atoms with Crippen LogP contribution in [0.4, 0.5) is 0 Å². The third-order valence-electron chi connectivity index (χ3n) is 13.9. The van der Waals surface area contributed by atoms with Gasteiger partial charge in [0.2, 0.25) is 0 Å². The highest BCUT2D eigenvalue weighted by atomic mass is 31.2. The summed E-state index contributed by atoms with van der Waals surface area (Å²) in [7, 11) is -3.57. The van der Waals surface area contributed by atoms with Crippen LogP contribution in [0.2, 0.25) is 0 Å². The molecule has 0 amide bonds. The van der Waals surface area contributed by atoms with E-state index >= 15 is 0 Å². The Kier molecular flexibility index (Phi) is 4.92. The highest BCUT2D eigenvalue weighted by molar-refractivity contribution is 7.48. The van der Waals surface area contributed by atoms with Gasteiger partial charge < -0.3 is 0 Å². The summed E-state index contributed by atoms with van der Waals surface area (Å²) in [5.74, 6) is 9.44. The van der Waals surface area contributed by atoms with E-state index in [1.54, 1.807) is 0 Å². The second-order valence-electron chi connectivity index (χ2n) is 14.8. The SMILES string of the molecule is O=P(O[C@H]1C[C@H]2C[C@H]1[C@@H]1CCC[C@H]21)(O[C@H]1C[C@H]2C[C@H]1[C@@H]1CCC[C@H]21)O[C@H]1C[C@H]2C[C@H]1[C@@H]1CCC[C@H]21. The van der Waals surface area contributed by atoms with Crippen LogP contribution < -0.4 is 0 Å². The molecule has 9 saturated carbocycles. The summed E-state index contributed by atoms with van der Waals surface area (Å²) in [4.78, 5) is 0. The molecule has 0 radical (unpaired) electrons. The van der Waals surface area contributed by atoms with Crippen LogP contribution in [-0.4, -0.2) is 18.3 Å². The lowest BCUT2D eigenvalue weighted by Gasteiger charge is -2.38. The fraction of sp³-hybridized carbons (Fsp3) is 1.00. The molecule has 0 heterocycles. The van der Waals surface area contributed by atoms with Gasteiger partial charge in [-0.1, -0.05) is 19.3 Å². The number of fused-ring (bicyclic) bond motifs is 15. The number of hydrogen-bond acceptors (Lipinski definition) is 4. The van der Waals surface area contributed by atoms with Crippen molar-refractivity contribution in [3.05, 3.63) is 0 Å². The highest BCUT2D eigenvalue weighted by Crippen LogP contribution is 2.69. The predicted molar refractivity (Wildman–Crippen MR) is 133 cm³/mol. The van der Waals surface area contributed by atoms with E-state index < -0.39 is 7.82 Å². The van der Waals surface area contributed by atoms with Crippen molar-refractivity contribution in [2.24, 2.45) is 71.0 Å². The summed E-state index contributed by atoms with van der Waals surface area (Å²) >= 11 is 0. The van der Waals surface area contributed by atoms with Gasteiger partial charge in [-0.2, -0.15) is 0 Å². The fourth-order valence-corrected chi connectivity index (χ4v) is 14.8. The van der Waals surface area contributed by atoms with Gasteiger partial charge in [-0.25, -0.2) is 4.57 Å². The van der Waals surface area contributed by atoms with Crippen molar-refractivity contribution in [2.75, 3.05) is 0 Å². The van der Waals surface area contributed by atoms with E-state index in [1.807, 2.05) is 0 Å². The number of phosphoric acid groups is 1. The van der Waals surface area contributed by atoms with Crippen LogP contribution in [0.15, 0.2) is 0 Å². The second kappa shape index (κ2) is 7.83. The molecule has 0 aromatic carbocycles. The van der Waals surface area contributed by atoms with E-state index in [9.17, 15) is 4.57 Å². The Morgan fingerprint density at radius 2 is 0.714 bits per heavy atom. The standard InChI is InChI=1S/C30H45O4P/c31-35(32-28-13-16-10-25(28)22-7-1-4-19(16)22,33-29-14-17-11-26(29)23-8-2-5-20(17)23)34-30-15-18-12-27(30)24-9-3-6-21(18)24/h16-30H,1-15H2/t16-,17-,18-,19-,20-,21-,22-,23-,24-,25+,26+,27+,28+,29+,30+/m1/s1. The van der Waals surface area contributed by atoms with Crippen LogP contribution in [0.5, 0.6) is 0 Å². The molecule has 0 N–H and O–H groups in total. The molecular formula is C30H45O4P. The summed E-state index contributed by atoms with van der Waals surface area (Å²) in [6.07, 6.45) is 20.1. The van der Waals surface area contributed by atoms with Gasteiger partial charge in [-0.05, 0) is 148 Å². The van der Waals surface area contributed by atoms with Crippen molar-refractivity contribution >= 4 is 7.82 Å². The Labute approximate surface area is 211 Å². The zero-order valence-electron chi connectivity index (χ0n) is 21.3. The zero-order valence-corrected chi connectivity index (χ0v) is 22.2. The zero-order chi connectivity index (χ0) is 22.9. The van der Waals surface area contributed by atoms with Crippen molar-refractivity contribution in [1.82, 2.24) is 0 Å². The Bertz CT molecular complexity index is 808. The molecule has 9 aliphatic carbocycles. The number of hydrogen-bond donors (Lipinski definition) is 0. The minimum Gasteiger partial charge on any atom is -0.283 e. The topological polar surface area (TPSA) is 44.8 Å². The molecule has 0 saturated heterocycles. The maximum absolute atomic E-state index is 14.7. The van der Waals surface area contributed by atoms with E-state index in [1.165, 1.54) is 77.0 Å². The quantitative estimate of drug-likeness (QED) is 0.352. The molecule has 4 nitrogen and oxygen atoms in total. The molecule has 0 unspecified atom stereocenters. The van der Waals surface area contributed by atoms with Crippen molar-refractivity contribution in [1.29, 1.82) is 0 Å². The predicted octanol–water partition coefficient (Wildman–Crippen LogP) is 7.62. The Balaban J connectivity index is 0.968. The van der Waals surface area contributed by atoms with Crippen molar-refractivity contribution in [3.63, 3.8) is 0 Å². The van der Waals surface area contributed by atoms with Crippen LogP contribution >= 0.6 is 7.82 Å².